The molecule has 1 fully saturated rings. The molecule has 5 rings (SSSR count). The molecule has 1 saturated heterocycles. The summed E-state index contributed by atoms with van der Waals surface area (Å²) in [4.78, 5) is 39.4. The van der Waals surface area contributed by atoms with E-state index in [9.17, 15) is 25.0 Å². The van der Waals surface area contributed by atoms with Crippen LogP contribution in [0.3, 0.4) is 0 Å². The maximum atomic E-state index is 13.1. The lowest BCUT2D eigenvalue weighted by Crippen LogP contribution is -2.47. The molecule has 0 amide bonds. The molecule has 2 aliphatic rings. The molecule has 1 N–H and O–H groups in total. The van der Waals surface area contributed by atoms with Crippen LogP contribution in [0.1, 0.15) is 36.6 Å². The number of fused-ring (bicyclic) bond motifs is 1. The second-order valence-electron chi connectivity index (χ2n) is 9.89. The highest BCUT2D eigenvalue weighted by molar-refractivity contribution is 7.10. The van der Waals surface area contributed by atoms with Crippen LogP contribution in [0.4, 0.5) is 22.1 Å². The Morgan fingerprint density at radius 1 is 1.07 bits per heavy atom. The minimum Gasteiger partial charge on any atom is -0.463 e. The number of non-ortho nitro benzene ring substituents is 2. The predicted molar refractivity (Wildman–Crippen MR) is 155 cm³/mol. The number of piperazine rings is 1. The minimum absolute atomic E-state index is 0.0425. The van der Waals surface area contributed by atoms with Gasteiger partial charge in [-0.3, -0.25) is 25.1 Å². The van der Waals surface area contributed by atoms with Gasteiger partial charge in [-0.15, -0.1) is 0 Å². The van der Waals surface area contributed by atoms with Gasteiger partial charge in [-0.05, 0) is 43.1 Å². The molecule has 41 heavy (non-hydrogen) atoms. The molecule has 2 aliphatic heterocycles. The van der Waals surface area contributed by atoms with E-state index >= 15 is 0 Å². The number of nitro groups is 2. The van der Waals surface area contributed by atoms with Crippen LogP contribution in [-0.2, 0) is 16.0 Å². The highest BCUT2D eigenvalue weighted by atomic mass is 32.1. The standard InChI is InChI=1S/C28H30N6O6S/c1-3-40-28(35)24-18(2)29-27-26(25(24)19-5-4-6-22(17-19)34(38)39)23(30-41-27)11-12-31-13-15-32(16-14-31)20-7-9-21(10-8-20)33(36)37/h4-10,17,25,29H,3,11-16H2,1-2H3. The van der Waals surface area contributed by atoms with Crippen LogP contribution < -0.4 is 10.2 Å². The highest BCUT2D eigenvalue weighted by Crippen LogP contribution is 2.46. The number of carbonyl (C=O) groups is 1. The average molecular weight is 579 g/mol. The van der Waals surface area contributed by atoms with Crippen LogP contribution >= 0.6 is 11.5 Å². The fraction of sp³-hybridized carbons (Fsp3) is 0.357. The number of nitrogens with one attached hydrogen (secondary N) is 1. The number of nitro benzene ring substituents is 2. The zero-order valence-corrected chi connectivity index (χ0v) is 23.6. The number of nitrogens with zero attached hydrogens (tertiary/aromatic N) is 5. The maximum Gasteiger partial charge on any atom is 0.336 e. The summed E-state index contributed by atoms with van der Waals surface area (Å²) in [5.74, 6) is -1.00. The molecule has 0 bridgehead atoms. The first kappa shape index (κ1) is 28.2. The van der Waals surface area contributed by atoms with Crippen molar-refractivity contribution >= 4 is 39.6 Å². The first-order valence-corrected chi connectivity index (χ1v) is 14.1. The van der Waals surface area contributed by atoms with Gasteiger partial charge in [0, 0.05) is 86.3 Å². The minimum atomic E-state index is -0.544. The molecule has 214 valence electrons. The van der Waals surface area contributed by atoms with Crippen molar-refractivity contribution in [1.29, 1.82) is 0 Å². The van der Waals surface area contributed by atoms with Crippen LogP contribution in [-0.4, -0.2) is 64.4 Å². The van der Waals surface area contributed by atoms with E-state index in [1.807, 2.05) is 6.92 Å². The highest BCUT2D eigenvalue weighted by Gasteiger charge is 2.37. The topological polar surface area (TPSA) is 144 Å². The van der Waals surface area contributed by atoms with Crippen LogP contribution in [0.25, 0.3) is 0 Å². The third-order valence-electron chi connectivity index (χ3n) is 7.46. The molecule has 0 saturated carbocycles. The molecule has 1 atom stereocenters. The number of ether oxygens (including phenoxy) is 1. The van der Waals surface area contributed by atoms with Gasteiger partial charge in [-0.25, -0.2) is 4.79 Å². The van der Waals surface area contributed by atoms with Gasteiger partial charge in [0.05, 0.1) is 27.7 Å². The Bertz CT molecular complexity index is 1500. The van der Waals surface area contributed by atoms with E-state index in [2.05, 4.69) is 15.1 Å². The number of carbonyl (C=O) groups excluding carboxylic acids is 1. The van der Waals surface area contributed by atoms with Gasteiger partial charge >= 0.3 is 5.97 Å². The van der Waals surface area contributed by atoms with Gasteiger partial charge in [0.2, 0.25) is 0 Å². The molecular weight excluding hydrogens is 548 g/mol. The van der Waals surface area contributed by atoms with Gasteiger partial charge in [0.1, 0.15) is 5.00 Å². The summed E-state index contributed by atoms with van der Waals surface area (Å²) in [6.45, 7) is 7.75. The molecule has 0 spiro atoms. The predicted octanol–water partition coefficient (Wildman–Crippen LogP) is 4.72. The smallest absolute Gasteiger partial charge is 0.336 e. The van der Waals surface area contributed by atoms with Crippen molar-refractivity contribution in [3.8, 4) is 0 Å². The van der Waals surface area contributed by atoms with Crippen molar-refractivity contribution in [2.75, 3.05) is 49.5 Å². The summed E-state index contributed by atoms with van der Waals surface area (Å²) >= 11 is 1.32. The van der Waals surface area contributed by atoms with E-state index in [0.29, 0.717) is 23.3 Å². The second-order valence-corrected chi connectivity index (χ2v) is 10.7. The Balaban J connectivity index is 1.34. The third-order valence-corrected chi connectivity index (χ3v) is 8.27. The molecule has 1 aromatic heterocycles. The largest absolute Gasteiger partial charge is 0.463 e. The number of hydrogen-bond acceptors (Lipinski definition) is 11. The summed E-state index contributed by atoms with van der Waals surface area (Å²) < 4.78 is 10.1. The summed E-state index contributed by atoms with van der Waals surface area (Å²) in [5.41, 5.74) is 4.41. The summed E-state index contributed by atoms with van der Waals surface area (Å²) in [7, 11) is 0. The van der Waals surface area contributed by atoms with Gasteiger partial charge < -0.3 is 15.0 Å². The average Bonchev–Trinajstić information content (AvgIpc) is 3.38. The van der Waals surface area contributed by atoms with Crippen LogP contribution in [0.15, 0.2) is 59.8 Å². The lowest BCUT2D eigenvalue weighted by molar-refractivity contribution is -0.385. The summed E-state index contributed by atoms with van der Waals surface area (Å²) in [6, 6.07) is 13.0. The van der Waals surface area contributed by atoms with Gasteiger partial charge in [0.15, 0.2) is 0 Å². The Morgan fingerprint density at radius 2 is 1.78 bits per heavy atom. The Hall–Kier alpha value is -4.36. The normalized spacial score (nSPS) is 17.1. The van der Waals surface area contributed by atoms with Crippen molar-refractivity contribution in [1.82, 2.24) is 9.27 Å². The number of anilines is 2. The molecule has 12 nitrogen and oxygen atoms in total. The van der Waals surface area contributed by atoms with E-state index in [4.69, 9.17) is 9.11 Å². The van der Waals surface area contributed by atoms with E-state index < -0.39 is 21.7 Å². The van der Waals surface area contributed by atoms with Crippen molar-refractivity contribution in [2.24, 2.45) is 0 Å². The fourth-order valence-corrected chi connectivity index (χ4v) is 6.33. The van der Waals surface area contributed by atoms with Crippen molar-refractivity contribution in [3.63, 3.8) is 0 Å². The van der Waals surface area contributed by atoms with Crippen molar-refractivity contribution in [2.45, 2.75) is 26.2 Å². The monoisotopic (exact) mass is 578 g/mol. The third kappa shape index (κ3) is 5.91. The molecule has 0 radical (unpaired) electrons. The number of rotatable bonds is 9. The molecule has 1 unspecified atom stereocenters. The quantitative estimate of drug-likeness (QED) is 0.215. The molecule has 0 aliphatic carbocycles. The van der Waals surface area contributed by atoms with Crippen molar-refractivity contribution < 1.29 is 19.4 Å². The zero-order valence-electron chi connectivity index (χ0n) is 22.7. The van der Waals surface area contributed by atoms with Crippen LogP contribution in [0.5, 0.6) is 0 Å². The Morgan fingerprint density at radius 3 is 2.44 bits per heavy atom. The Kier molecular flexibility index (Phi) is 8.26. The van der Waals surface area contributed by atoms with Gasteiger partial charge in [0.25, 0.3) is 11.4 Å². The van der Waals surface area contributed by atoms with Gasteiger partial charge in [-0.2, -0.15) is 4.37 Å². The van der Waals surface area contributed by atoms with Crippen LogP contribution in [0.2, 0.25) is 0 Å². The van der Waals surface area contributed by atoms with Gasteiger partial charge in [-0.1, -0.05) is 12.1 Å². The van der Waals surface area contributed by atoms with E-state index in [0.717, 1.165) is 54.7 Å². The first-order valence-electron chi connectivity index (χ1n) is 13.4. The maximum absolute atomic E-state index is 13.1. The lowest BCUT2D eigenvalue weighted by atomic mass is 9.81. The van der Waals surface area contributed by atoms with E-state index in [1.54, 1.807) is 31.2 Å². The lowest BCUT2D eigenvalue weighted by Gasteiger charge is -2.36. The fourth-order valence-electron chi connectivity index (χ4n) is 5.41. The molecular formula is C28H30N6O6S. The molecule has 3 aromatic rings. The zero-order chi connectivity index (χ0) is 29.1. The van der Waals surface area contributed by atoms with E-state index in [1.165, 1.54) is 35.8 Å². The Labute approximate surface area is 240 Å². The molecule has 2 aromatic carbocycles. The van der Waals surface area contributed by atoms with Crippen LogP contribution in [0, 0.1) is 20.2 Å². The number of benzene rings is 2. The second kappa shape index (κ2) is 12.0. The number of allylic oxidation sites excluding steroid dienone is 1. The summed E-state index contributed by atoms with van der Waals surface area (Å²) in [6.07, 6.45) is 0.644. The first-order chi connectivity index (χ1) is 19.8. The number of esters is 1. The summed E-state index contributed by atoms with van der Waals surface area (Å²) in [5, 5.41) is 26.7. The number of aromatic nitrogens is 1. The van der Waals surface area contributed by atoms with Crippen molar-refractivity contribution in [3.05, 3.63) is 96.9 Å². The molecule has 13 heteroatoms. The number of hydrogen-bond donors (Lipinski definition) is 1. The molecule has 3 heterocycles. The van der Waals surface area contributed by atoms with E-state index in [-0.39, 0.29) is 18.0 Å². The SMILES string of the molecule is CCOC(=O)C1=C(C)Nc2snc(CCN3CCN(c4ccc([N+](=O)[O-])cc4)CC3)c2C1c1cccc([N+](=O)[O-])c1.